The third-order valence-electron chi connectivity index (χ3n) is 6.33. The summed E-state index contributed by atoms with van der Waals surface area (Å²) in [6.07, 6.45) is 4.52. The highest BCUT2D eigenvalue weighted by Gasteiger charge is 2.36. The number of urea groups is 1. The molecule has 0 saturated heterocycles. The van der Waals surface area contributed by atoms with E-state index in [9.17, 15) is 14.1 Å². The van der Waals surface area contributed by atoms with Crippen molar-refractivity contribution in [3.05, 3.63) is 33.2 Å². The first-order chi connectivity index (χ1) is 15.7. The fourth-order valence-electron chi connectivity index (χ4n) is 4.66. The first-order valence-electron chi connectivity index (χ1n) is 11.5. The number of carbonyl (C=O) groups is 1. The second-order valence-electron chi connectivity index (χ2n) is 10.6. The summed E-state index contributed by atoms with van der Waals surface area (Å²) in [7, 11) is 0.116. The third kappa shape index (κ3) is 4.76. The summed E-state index contributed by atoms with van der Waals surface area (Å²) >= 11 is 1.03. The molecule has 0 spiro atoms. The molecule has 2 aromatic heterocycles. The summed E-state index contributed by atoms with van der Waals surface area (Å²) in [5.41, 5.74) is 4.10. The summed E-state index contributed by atoms with van der Waals surface area (Å²) < 4.78 is 17.6. The van der Waals surface area contributed by atoms with E-state index in [1.807, 2.05) is 19.0 Å². The number of rotatable bonds is 5. The lowest BCUT2D eigenvalue weighted by Gasteiger charge is -2.20. The Hall–Kier alpha value is -1.92. The van der Waals surface area contributed by atoms with Gasteiger partial charge in [0.2, 0.25) is 0 Å². The van der Waals surface area contributed by atoms with Crippen molar-refractivity contribution >= 4 is 33.0 Å². The Morgan fingerprint density at radius 2 is 1.97 bits per heavy atom. The van der Waals surface area contributed by atoms with Crippen molar-refractivity contribution in [1.82, 2.24) is 14.9 Å². The van der Waals surface area contributed by atoms with Crippen molar-refractivity contribution in [1.29, 1.82) is 0 Å². The summed E-state index contributed by atoms with van der Waals surface area (Å²) in [6, 6.07) is -0.742. The third-order valence-corrected chi connectivity index (χ3v) is 9.71. The molecule has 0 aromatic carbocycles. The van der Waals surface area contributed by atoms with Crippen molar-refractivity contribution in [2.75, 3.05) is 19.4 Å². The van der Waals surface area contributed by atoms with Crippen LogP contribution < -0.4 is 10.5 Å². The lowest BCUT2D eigenvalue weighted by Crippen LogP contribution is -2.21. The van der Waals surface area contributed by atoms with Gasteiger partial charge in [-0.3, -0.25) is 4.98 Å². The lowest BCUT2D eigenvalue weighted by molar-refractivity contribution is 0.0780. The molecule has 2 amide bonds. The number of hydrogen-bond donors (Lipinski definition) is 3. The number of hydrogen-bond acceptors (Lipinski definition) is 7. The van der Waals surface area contributed by atoms with Gasteiger partial charge >= 0.3 is 6.03 Å². The highest BCUT2D eigenvalue weighted by Crippen LogP contribution is 2.44. The number of thiazole rings is 1. The highest BCUT2D eigenvalue weighted by atomic mass is 32.2. The Morgan fingerprint density at radius 1 is 1.26 bits per heavy atom. The van der Waals surface area contributed by atoms with E-state index in [2.05, 4.69) is 28.5 Å². The van der Waals surface area contributed by atoms with E-state index in [0.29, 0.717) is 17.2 Å². The van der Waals surface area contributed by atoms with E-state index >= 15 is 0 Å². The Balaban J connectivity index is 1.73. The first kappa shape index (κ1) is 25.2. The second kappa shape index (κ2) is 8.63. The molecule has 186 valence electrons. The van der Waals surface area contributed by atoms with Gasteiger partial charge in [-0.05, 0) is 71.2 Å². The molecule has 0 bridgehead atoms. The number of carbonyl (C=O) groups excluding carboxylic acids is 1. The summed E-state index contributed by atoms with van der Waals surface area (Å²) in [5.74, 6) is 0. The number of nitrogens with two attached hydrogens (primary N) is 1. The van der Waals surface area contributed by atoms with Crippen LogP contribution in [0.3, 0.4) is 0 Å². The minimum atomic E-state index is -3.58. The number of aliphatic hydroxyl groups is 1. The van der Waals surface area contributed by atoms with Gasteiger partial charge in [0.05, 0.1) is 17.1 Å². The SMILES string of the molecule is CN(C)Cc1nc(C(C)(C)O)sc1S(N)(=O)=NC(=O)Nc1c2c(nc3c1CCC3(C)C)CCC2. The zero-order valence-electron chi connectivity index (χ0n) is 20.7. The van der Waals surface area contributed by atoms with Crippen molar-refractivity contribution in [2.45, 2.75) is 81.6 Å². The lowest BCUT2D eigenvalue weighted by atomic mass is 9.90. The van der Waals surface area contributed by atoms with Crippen LogP contribution in [0.4, 0.5) is 10.5 Å². The minimum absolute atomic E-state index is 0.0534. The van der Waals surface area contributed by atoms with Gasteiger partial charge in [0.1, 0.15) is 14.8 Å². The predicted octanol–water partition coefficient (Wildman–Crippen LogP) is 3.47. The molecule has 2 aromatic rings. The topological polar surface area (TPSA) is 134 Å². The van der Waals surface area contributed by atoms with Crippen molar-refractivity contribution < 1.29 is 14.1 Å². The molecule has 1 unspecified atom stereocenters. The Morgan fingerprint density at radius 3 is 2.62 bits per heavy atom. The van der Waals surface area contributed by atoms with Crippen LogP contribution in [0, 0.1) is 0 Å². The molecular formula is C23H34N6O3S2. The zero-order chi connectivity index (χ0) is 25.1. The van der Waals surface area contributed by atoms with E-state index < -0.39 is 21.5 Å². The number of fused-ring (bicyclic) bond motifs is 2. The molecule has 2 aliphatic rings. The van der Waals surface area contributed by atoms with Gasteiger partial charge in [-0.15, -0.1) is 15.7 Å². The number of anilines is 1. The maximum absolute atomic E-state index is 13.5. The molecule has 2 heterocycles. The average Bonchev–Trinajstić information content (AvgIpc) is 3.38. The fourth-order valence-corrected chi connectivity index (χ4v) is 7.11. The normalized spacial score (nSPS) is 18.5. The molecule has 0 aliphatic heterocycles. The predicted molar refractivity (Wildman–Crippen MR) is 134 cm³/mol. The van der Waals surface area contributed by atoms with Crippen LogP contribution >= 0.6 is 11.3 Å². The van der Waals surface area contributed by atoms with Crippen LogP contribution in [0.25, 0.3) is 0 Å². The quantitative estimate of drug-likeness (QED) is 0.568. The van der Waals surface area contributed by atoms with E-state index in [1.165, 1.54) is 0 Å². The van der Waals surface area contributed by atoms with Crippen LogP contribution in [0.5, 0.6) is 0 Å². The number of nitrogens with zero attached hydrogens (tertiary/aromatic N) is 4. The molecule has 0 saturated carbocycles. The molecule has 0 radical (unpaired) electrons. The van der Waals surface area contributed by atoms with Crippen LogP contribution in [-0.4, -0.2) is 44.3 Å². The summed E-state index contributed by atoms with van der Waals surface area (Å²) in [4.78, 5) is 24.3. The molecule has 11 heteroatoms. The van der Waals surface area contributed by atoms with Crippen molar-refractivity contribution in [3.63, 3.8) is 0 Å². The van der Waals surface area contributed by atoms with Gasteiger partial charge in [0.15, 0.2) is 9.92 Å². The number of aromatic nitrogens is 2. The molecule has 9 nitrogen and oxygen atoms in total. The van der Waals surface area contributed by atoms with Gasteiger partial charge in [-0.1, -0.05) is 13.8 Å². The molecule has 0 fully saturated rings. The van der Waals surface area contributed by atoms with Crippen LogP contribution in [0.2, 0.25) is 0 Å². The van der Waals surface area contributed by atoms with E-state index in [-0.39, 0.29) is 9.62 Å². The summed E-state index contributed by atoms with van der Waals surface area (Å²) in [6.45, 7) is 7.90. The van der Waals surface area contributed by atoms with Gasteiger partial charge in [-0.25, -0.2) is 19.1 Å². The average molecular weight is 507 g/mol. The van der Waals surface area contributed by atoms with E-state index in [4.69, 9.17) is 10.1 Å². The number of aryl methyl sites for hydroxylation is 1. The summed E-state index contributed by atoms with van der Waals surface area (Å²) in [5, 5.41) is 19.9. The van der Waals surface area contributed by atoms with E-state index in [0.717, 1.165) is 71.6 Å². The molecule has 1 atom stereocenters. The molecule has 34 heavy (non-hydrogen) atoms. The minimum Gasteiger partial charge on any atom is -0.383 e. The van der Waals surface area contributed by atoms with Crippen LogP contribution in [0.15, 0.2) is 8.57 Å². The molecule has 2 aliphatic carbocycles. The number of pyridine rings is 1. The maximum atomic E-state index is 13.5. The second-order valence-corrected chi connectivity index (χ2v) is 13.6. The van der Waals surface area contributed by atoms with Gasteiger partial charge in [-0.2, -0.15) is 0 Å². The Kier molecular flexibility index (Phi) is 6.39. The molecule has 4 rings (SSSR count). The molecular weight excluding hydrogens is 472 g/mol. The molecule has 4 N–H and O–H groups in total. The zero-order valence-corrected chi connectivity index (χ0v) is 22.3. The van der Waals surface area contributed by atoms with Gasteiger partial charge < -0.3 is 15.3 Å². The van der Waals surface area contributed by atoms with Crippen LogP contribution in [-0.2, 0) is 46.7 Å². The van der Waals surface area contributed by atoms with Gasteiger partial charge in [0, 0.05) is 17.7 Å². The van der Waals surface area contributed by atoms with Crippen LogP contribution in [0.1, 0.15) is 73.8 Å². The Bertz CT molecular complexity index is 1270. The number of amides is 2. The van der Waals surface area contributed by atoms with Gasteiger partial charge in [0.25, 0.3) is 0 Å². The largest absolute Gasteiger partial charge is 0.383 e. The van der Waals surface area contributed by atoms with E-state index in [1.54, 1.807) is 13.8 Å². The standard InChI is InChI=1S/C23H34N6O3S2/c1-22(2)11-10-14-17(13-8-7-9-15(13)25-18(14)22)27-21(30)28-34(24,32)19-16(12-29(5)6)26-20(33-19)23(3,4)31/h31H,7-12H2,1-6H3,(H3,24,25,27,28,30,32). The van der Waals surface area contributed by atoms with Crippen molar-refractivity contribution in [3.8, 4) is 0 Å². The fraction of sp³-hybridized carbons (Fsp3) is 0.609. The Labute approximate surface area is 205 Å². The highest BCUT2D eigenvalue weighted by molar-refractivity contribution is 7.93. The first-order valence-corrected chi connectivity index (χ1v) is 13.9. The van der Waals surface area contributed by atoms with Crippen molar-refractivity contribution in [2.24, 2.45) is 9.50 Å². The maximum Gasteiger partial charge on any atom is 0.354 e. The number of nitrogens with one attached hydrogen (secondary N) is 1. The monoisotopic (exact) mass is 506 g/mol. The smallest absolute Gasteiger partial charge is 0.354 e.